The topological polar surface area (TPSA) is 96.8 Å². The van der Waals surface area contributed by atoms with Crippen LogP contribution in [-0.4, -0.2) is 49.5 Å². The van der Waals surface area contributed by atoms with Crippen molar-refractivity contribution in [1.29, 1.82) is 0 Å². The fraction of sp³-hybridized carbons (Fsp3) is 0.125. The predicted octanol–water partition coefficient (Wildman–Crippen LogP) is 4.16. The van der Waals surface area contributed by atoms with Crippen LogP contribution in [0.25, 0.3) is 10.9 Å². The molecule has 1 fully saturated rings. The summed E-state index contributed by atoms with van der Waals surface area (Å²) in [5.74, 6) is 0.599. The molecule has 1 N–H and O–H groups in total. The Morgan fingerprint density at radius 1 is 0.970 bits per heavy atom. The number of rotatable bonds is 5. The standard InChI is InChI=1S/C24H21N5O3S/c1-29-13-14-32-24(29)28-18-9-12-22-21(15-18)23(26-16-25-22)27-17-7-10-20(11-8-17)33(30,31)19-5-3-2-4-6-19/h2-12,15-16H,13-14H2,1H3,(H,25,26,27). The van der Waals surface area contributed by atoms with Crippen LogP contribution in [0.15, 0.2) is 93.9 Å². The van der Waals surface area contributed by atoms with E-state index < -0.39 is 9.84 Å². The highest BCUT2D eigenvalue weighted by molar-refractivity contribution is 7.91. The number of aromatic nitrogens is 2. The predicted molar refractivity (Wildman–Crippen MR) is 127 cm³/mol. The van der Waals surface area contributed by atoms with Gasteiger partial charge in [-0.2, -0.15) is 4.99 Å². The molecule has 166 valence electrons. The average molecular weight is 460 g/mol. The maximum absolute atomic E-state index is 12.8. The molecule has 0 saturated carbocycles. The van der Waals surface area contributed by atoms with Gasteiger partial charge in [0.05, 0.1) is 27.5 Å². The van der Waals surface area contributed by atoms with E-state index in [0.717, 1.165) is 23.1 Å². The van der Waals surface area contributed by atoms with Gasteiger partial charge in [-0.15, -0.1) is 0 Å². The van der Waals surface area contributed by atoms with Crippen molar-refractivity contribution in [2.75, 3.05) is 25.5 Å². The van der Waals surface area contributed by atoms with E-state index in [4.69, 9.17) is 4.74 Å². The molecule has 5 rings (SSSR count). The molecule has 0 unspecified atom stereocenters. The zero-order valence-corrected chi connectivity index (χ0v) is 18.7. The van der Waals surface area contributed by atoms with Gasteiger partial charge in [0.1, 0.15) is 18.8 Å². The Kier molecular flexibility index (Phi) is 5.39. The van der Waals surface area contributed by atoms with Gasteiger partial charge in [-0.25, -0.2) is 18.4 Å². The van der Waals surface area contributed by atoms with Crippen LogP contribution in [0.3, 0.4) is 0 Å². The number of nitrogens with one attached hydrogen (secondary N) is 1. The molecule has 0 atom stereocenters. The number of sulfone groups is 1. The van der Waals surface area contributed by atoms with Crippen LogP contribution in [0.4, 0.5) is 17.2 Å². The largest absolute Gasteiger partial charge is 0.463 e. The van der Waals surface area contributed by atoms with Gasteiger partial charge in [-0.1, -0.05) is 18.2 Å². The lowest BCUT2D eigenvalue weighted by Gasteiger charge is -2.11. The molecular formula is C24H21N5O3S. The number of benzene rings is 3. The van der Waals surface area contributed by atoms with Gasteiger partial charge in [0, 0.05) is 18.1 Å². The molecule has 1 aromatic heterocycles. The lowest BCUT2D eigenvalue weighted by molar-refractivity contribution is 0.352. The summed E-state index contributed by atoms with van der Waals surface area (Å²) in [4.78, 5) is 15.7. The van der Waals surface area contributed by atoms with E-state index in [1.54, 1.807) is 54.6 Å². The Bertz CT molecular complexity index is 1440. The smallest absolute Gasteiger partial charge is 0.292 e. The molecule has 0 bridgehead atoms. The number of amidine groups is 1. The Morgan fingerprint density at radius 3 is 2.45 bits per heavy atom. The molecule has 0 amide bonds. The molecule has 1 saturated heterocycles. The lowest BCUT2D eigenvalue weighted by atomic mass is 10.2. The minimum Gasteiger partial charge on any atom is -0.463 e. The fourth-order valence-corrected chi connectivity index (χ4v) is 4.79. The quantitative estimate of drug-likeness (QED) is 0.479. The number of aliphatic imine (C=N–C) groups is 1. The summed E-state index contributed by atoms with van der Waals surface area (Å²) in [6.45, 7) is 1.42. The molecule has 0 radical (unpaired) electrons. The van der Waals surface area contributed by atoms with Gasteiger partial charge in [0.2, 0.25) is 9.84 Å². The number of hydrogen-bond donors (Lipinski definition) is 1. The SMILES string of the molecule is CN1CCOC1=Nc1ccc2ncnc(Nc3ccc(S(=O)(=O)c4ccccc4)cc3)c2c1. The van der Waals surface area contributed by atoms with Gasteiger partial charge in [-0.3, -0.25) is 0 Å². The van der Waals surface area contributed by atoms with Crippen LogP contribution in [-0.2, 0) is 14.6 Å². The van der Waals surface area contributed by atoms with Crippen molar-refractivity contribution in [3.8, 4) is 0 Å². The highest BCUT2D eigenvalue weighted by Crippen LogP contribution is 2.28. The maximum atomic E-state index is 12.8. The number of fused-ring (bicyclic) bond motifs is 1. The first-order chi connectivity index (χ1) is 16.0. The lowest BCUT2D eigenvalue weighted by Crippen LogP contribution is -2.19. The minimum absolute atomic E-state index is 0.227. The summed E-state index contributed by atoms with van der Waals surface area (Å²) in [6, 6.07) is 21.2. The van der Waals surface area contributed by atoms with Crippen molar-refractivity contribution >= 4 is 44.0 Å². The number of likely N-dealkylation sites (N-methyl/N-ethyl adjacent to an activating group) is 1. The number of anilines is 2. The van der Waals surface area contributed by atoms with Crippen LogP contribution in [0.2, 0.25) is 0 Å². The maximum Gasteiger partial charge on any atom is 0.292 e. The van der Waals surface area contributed by atoms with Gasteiger partial charge < -0.3 is 15.0 Å². The molecule has 3 aromatic carbocycles. The molecule has 9 heteroatoms. The first-order valence-corrected chi connectivity index (χ1v) is 11.8. The van der Waals surface area contributed by atoms with Gasteiger partial charge in [0.25, 0.3) is 6.02 Å². The third-order valence-electron chi connectivity index (χ3n) is 5.31. The van der Waals surface area contributed by atoms with Crippen molar-refractivity contribution in [1.82, 2.24) is 14.9 Å². The third kappa shape index (κ3) is 4.22. The van der Waals surface area contributed by atoms with E-state index in [0.29, 0.717) is 24.1 Å². The number of hydrogen-bond acceptors (Lipinski definition) is 7. The normalized spacial score (nSPS) is 15.1. The first kappa shape index (κ1) is 20.9. The average Bonchev–Trinajstić information content (AvgIpc) is 3.24. The summed E-state index contributed by atoms with van der Waals surface area (Å²) in [5, 5.41) is 4.05. The van der Waals surface area contributed by atoms with Crippen LogP contribution in [0.1, 0.15) is 0 Å². The van der Waals surface area contributed by atoms with Gasteiger partial charge in [-0.05, 0) is 54.6 Å². The molecule has 8 nitrogen and oxygen atoms in total. The van der Waals surface area contributed by atoms with E-state index in [2.05, 4.69) is 20.3 Å². The highest BCUT2D eigenvalue weighted by atomic mass is 32.2. The summed E-state index contributed by atoms with van der Waals surface area (Å²) < 4.78 is 31.2. The van der Waals surface area contributed by atoms with E-state index in [-0.39, 0.29) is 9.79 Å². The van der Waals surface area contributed by atoms with Crippen LogP contribution < -0.4 is 5.32 Å². The molecule has 4 aromatic rings. The monoisotopic (exact) mass is 459 g/mol. The van der Waals surface area contributed by atoms with Crippen LogP contribution in [0, 0.1) is 0 Å². The van der Waals surface area contributed by atoms with Crippen molar-refractivity contribution in [2.24, 2.45) is 4.99 Å². The summed E-state index contributed by atoms with van der Waals surface area (Å²) >= 11 is 0. The summed E-state index contributed by atoms with van der Waals surface area (Å²) in [6.07, 6.45) is 1.48. The summed E-state index contributed by atoms with van der Waals surface area (Å²) in [5.41, 5.74) is 2.20. The van der Waals surface area contributed by atoms with Gasteiger partial charge >= 0.3 is 0 Å². The first-order valence-electron chi connectivity index (χ1n) is 10.4. The van der Waals surface area contributed by atoms with Crippen LogP contribution in [0.5, 0.6) is 0 Å². The molecule has 33 heavy (non-hydrogen) atoms. The Hall–Kier alpha value is -3.98. The van der Waals surface area contributed by atoms with E-state index in [9.17, 15) is 8.42 Å². The third-order valence-corrected chi connectivity index (χ3v) is 7.09. The van der Waals surface area contributed by atoms with E-state index >= 15 is 0 Å². The second-order valence-corrected chi connectivity index (χ2v) is 9.50. The molecule has 1 aliphatic rings. The van der Waals surface area contributed by atoms with Crippen molar-refractivity contribution in [3.63, 3.8) is 0 Å². The second kappa shape index (κ2) is 8.51. The van der Waals surface area contributed by atoms with Crippen molar-refractivity contribution in [3.05, 3.63) is 79.1 Å². The number of nitrogens with zero attached hydrogens (tertiary/aromatic N) is 4. The Balaban J connectivity index is 1.44. The zero-order chi connectivity index (χ0) is 22.8. The molecule has 0 aliphatic carbocycles. The second-order valence-electron chi connectivity index (χ2n) is 7.55. The minimum atomic E-state index is -3.57. The van der Waals surface area contributed by atoms with Gasteiger partial charge in [0.15, 0.2) is 0 Å². The number of ether oxygens (including phenoxy) is 1. The van der Waals surface area contributed by atoms with E-state index in [1.165, 1.54) is 6.33 Å². The molecule has 2 heterocycles. The van der Waals surface area contributed by atoms with Crippen molar-refractivity contribution < 1.29 is 13.2 Å². The molecule has 0 spiro atoms. The Morgan fingerprint density at radius 2 is 1.73 bits per heavy atom. The highest BCUT2D eigenvalue weighted by Gasteiger charge is 2.18. The van der Waals surface area contributed by atoms with E-state index in [1.807, 2.05) is 30.1 Å². The van der Waals surface area contributed by atoms with Crippen LogP contribution >= 0.6 is 0 Å². The van der Waals surface area contributed by atoms with Crippen molar-refractivity contribution in [2.45, 2.75) is 9.79 Å². The summed E-state index contributed by atoms with van der Waals surface area (Å²) in [7, 11) is -1.63. The zero-order valence-electron chi connectivity index (χ0n) is 17.8. The fourth-order valence-electron chi connectivity index (χ4n) is 3.51. The molecule has 1 aliphatic heterocycles. The Labute approximate surface area is 191 Å². The molecular weight excluding hydrogens is 438 g/mol.